The summed E-state index contributed by atoms with van der Waals surface area (Å²) in [4.78, 5) is 5.73. The van der Waals surface area contributed by atoms with Crippen molar-refractivity contribution in [2.45, 2.75) is 6.04 Å². The molecule has 0 aliphatic heterocycles. The van der Waals surface area contributed by atoms with E-state index in [2.05, 4.69) is 65.7 Å². The second-order valence-electron chi connectivity index (χ2n) is 4.61. The molecule has 1 atom stereocenters. The van der Waals surface area contributed by atoms with E-state index in [-0.39, 0.29) is 6.04 Å². The number of halogens is 2. The zero-order chi connectivity index (χ0) is 14.8. The Hall–Kier alpha value is -1.11. The summed E-state index contributed by atoms with van der Waals surface area (Å²) in [5, 5.41) is 5.67. The number of aromatic nitrogens is 2. The molecule has 1 N–H and O–H groups in total. The lowest BCUT2D eigenvalue weighted by Gasteiger charge is -2.19. The molecular weight excluding hydrogens is 414 g/mol. The summed E-state index contributed by atoms with van der Waals surface area (Å²) < 4.78 is 4.11. The molecule has 2 aromatic heterocycles. The Morgan fingerprint density at radius 1 is 1.29 bits per heavy atom. The number of imidazole rings is 1. The Kier molecular flexibility index (Phi) is 4.47. The minimum Gasteiger partial charge on any atom is -0.370 e. The van der Waals surface area contributed by atoms with Crippen molar-refractivity contribution in [3.8, 4) is 0 Å². The van der Waals surface area contributed by atoms with Gasteiger partial charge in [-0.15, -0.1) is 11.3 Å². The number of anilines is 1. The van der Waals surface area contributed by atoms with Crippen LogP contribution in [0.3, 0.4) is 0 Å². The van der Waals surface area contributed by atoms with Gasteiger partial charge in [0, 0.05) is 39.0 Å². The van der Waals surface area contributed by atoms with E-state index in [4.69, 9.17) is 0 Å². The van der Waals surface area contributed by atoms with Gasteiger partial charge >= 0.3 is 0 Å². The second-order valence-corrected chi connectivity index (χ2v) is 7.36. The van der Waals surface area contributed by atoms with Crippen LogP contribution < -0.4 is 5.32 Å². The van der Waals surface area contributed by atoms with Crippen molar-refractivity contribution < 1.29 is 0 Å². The van der Waals surface area contributed by atoms with Crippen molar-refractivity contribution in [2.24, 2.45) is 7.05 Å². The molecule has 3 aromatic rings. The van der Waals surface area contributed by atoms with E-state index in [1.54, 1.807) is 11.3 Å². The van der Waals surface area contributed by atoms with E-state index in [1.165, 1.54) is 4.88 Å². The minimum absolute atomic E-state index is 0.0301. The number of nitrogens with one attached hydrogen (secondary N) is 1. The number of rotatable bonds is 4. The first-order valence-electron chi connectivity index (χ1n) is 6.37. The third kappa shape index (κ3) is 3.22. The fourth-order valence-electron chi connectivity index (χ4n) is 2.14. The molecule has 0 aliphatic carbocycles. The van der Waals surface area contributed by atoms with Gasteiger partial charge < -0.3 is 9.88 Å². The molecule has 0 amide bonds. The third-order valence-electron chi connectivity index (χ3n) is 3.18. The number of benzene rings is 1. The average Bonchev–Trinajstić information content (AvgIpc) is 3.10. The average molecular weight is 427 g/mol. The van der Waals surface area contributed by atoms with E-state index < -0.39 is 0 Å². The van der Waals surface area contributed by atoms with Gasteiger partial charge in [0.1, 0.15) is 11.9 Å². The topological polar surface area (TPSA) is 29.9 Å². The van der Waals surface area contributed by atoms with E-state index in [9.17, 15) is 0 Å². The Labute approximate surface area is 144 Å². The first-order chi connectivity index (χ1) is 10.1. The third-order valence-corrected chi connectivity index (χ3v) is 5.26. The predicted octanol–water partition coefficient (Wildman–Crippen LogP) is 5.21. The Balaban J connectivity index is 1.99. The summed E-state index contributed by atoms with van der Waals surface area (Å²) in [6.45, 7) is 0. The molecule has 2 heterocycles. The number of hydrogen-bond acceptors (Lipinski definition) is 3. The standard InChI is InChI=1S/C15H13Br2N3S/c1-20-7-6-18-15(20)14(13-3-2-8-21-13)19-12-5-4-10(16)9-11(12)17/h2-9,14,19H,1H3. The number of aryl methyl sites for hydroxylation is 1. The Morgan fingerprint density at radius 3 is 2.76 bits per heavy atom. The maximum atomic E-state index is 4.50. The monoisotopic (exact) mass is 425 g/mol. The lowest BCUT2D eigenvalue weighted by atomic mass is 10.2. The van der Waals surface area contributed by atoms with Crippen LogP contribution in [0, 0.1) is 0 Å². The van der Waals surface area contributed by atoms with Crippen molar-refractivity contribution in [2.75, 3.05) is 5.32 Å². The number of thiophene rings is 1. The molecule has 3 rings (SSSR count). The normalized spacial score (nSPS) is 12.3. The van der Waals surface area contributed by atoms with Crippen LogP contribution in [0.25, 0.3) is 0 Å². The highest BCUT2D eigenvalue weighted by Gasteiger charge is 2.20. The van der Waals surface area contributed by atoms with Crippen LogP contribution >= 0.6 is 43.2 Å². The van der Waals surface area contributed by atoms with Crippen LogP contribution in [-0.2, 0) is 7.05 Å². The molecule has 1 unspecified atom stereocenters. The smallest absolute Gasteiger partial charge is 0.136 e. The molecule has 0 saturated carbocycles. The van der Waals surface area contributed by atoms with Crippen molar-refractivity contribution in [3.63, 3.8) is 0 Å². The molecule has 0 bridgehead atoms. The Bertz CT molecular complexity index is 737. The van der Waals surface area contributed by atoms with E-state index in [0.717, 1.165) is 20.5 Å². The maximum absolute atomic E-state index is 4.50. The fourth-order valence-corrected chi connectivity index (χ4v) is 4.07. The molecule has 0 spiro atoms. The van der Waals surface area contributed by atoms with Gasteiger partial charge in [-0.25, -0.2) is 4.98 Å². The highest BCUT2D eigenvalue weighted by atomic mass is 79.9. The molecule has 0 radical (unpaired) electrons. The quantitative estimate of drug-likeness (QED) is 0.620. The molecule has 0 saturated heterocycles. The van der Waals surface area contributed by atoms with Crippen molar-refractivity contribution in [1.29, 1.82) is 0 Å². The summed E-state index contributed by atoms with van der Waals surface area (Å²) in [7, 11) is 2.02. The van der Waals surface area contributed by atoms with Crippen LogP contribution in [0.4, 0.5) is 5.69 Å². The summed E-state index contributed by atoms with van der Waals surface area (Å²) in [5.74, 6) is 0.993. The van der Waals surface area contributed by atoms with Gasteiger partial charge in [0.25, 0.3) is 0 Å². The zero-order valence-corrected chi connectivity index (χ0v) is 15.2. The van der Waals surface area contributed by atoms with Crippen molar-refractivity contribution in [3.05, 3.63) is 67.8 Å². The van der Waals surface area contributed by atoms with Gasteiger partial charge in [-0.1, -0.05) is 22.0 Å². The van der Waals surface area contributed by atoms with Crippen LogP contribution in [0.15, 0.2) is 57.1 Å². The largest absolute Gasteiger partial charge is 0.370 e. The molecule has 0 fully saturated rings. The molecule has 21 heavy (non-hydrogen) atoms. The van der Waals surface area contributed by atoms with Crippen molar-refractivity contribution >= 4 is 48.9 Å². The maximum Gasteiger partial charge on any atom is 0.136 e. The molecule has 3 nitrogen and oxygen atoms in total. The second kappa shape index (κ2) is 6.34. The zero-order valence-electron chi connectivity index (χ0n) is 11.3. The molecule has 6 heteroatoms. The summed E-state index contributed by atoms with van der Waals surface area (Å²) in [6, 6.07) is 10.3. The molecule has 1 aromatic carbocycles. The lowest BCUT2D eigenvalue weighted by molar-refractivity contribution is 0.756. The van der Waals surface area contributed by atoms with Gasteiger partial charge in [0.05, 0.1) is 0 Å². The van der Waals surface area contributed by atoms with Crippen LogP contribution in [0.1, 0.15) is 16.7 Å². The fraction of sp³-hybridized carbons (Fsp3) is 0.133. The first kappa shape index (κ1) is 14.8. The minimum atomic E-state index is 0.0301. The molecule has 108 valence electrons. The van der Waals surface area contributed by atoms with Crippen LogP contribution in [-0.4, -0.2) is 9.55 Å². The van der Waals surface area contributed by atoms with Crippen LogP contribution in [0.2, 0.25) is 0 Å². The van der Waals surface area contributed by atoms with Gasteiger partial charge in [0.2, 0.25) is 0 Å². The number of nitrogens with zero attached hydrogens (tertiary/aromatic N) is 2. The summed E-state index contributed by atoms with van der Waals surface area (Å²) >= 11 is 8.81. The SMILES string of the molecule is Cn1ccnc1C(Nc1ccc(Br)cc1Br)c1cccs1. The van der Waals surface area contributed by atoms with Gasteiger partial charge in [-0.3, -0.25) is 0 Å². The van der Waals surface area contributed by atoms with E-state index >= 15 is 0 Å². The Morgan fingerprint density at radius 2 is 2.14 bits per heavy atom. The van der Waals surface area contributed by atoms with E-state index in [0.29, 0.717) is 0 Å². The number of hydrogen-bond donors (Lipinski definition) is 1. The van der Waals surface area contributed by atoms with Gasteiger partial charge in [-0.2, -0.15) is 0 Å². The summed E-state index contributed by atoms with van der Waals surface area (Å²) in [5.41, 5.74) is 1.04. The lowest BCUT2D eigenvalue weighted by Crippen LogP contribution is -2.15. The van der Waals surface area contributed by atoms with Gasteiger partial charge in [-0.05, 0) is 45.6 Å². The predicted molar refractivity (Wildman–Crippen MR) is 94.8 cm³/mol. The summed E-state index contributed by atoms with van der Waals surface area (Å²) in [6.07, 6.45) is 3.79. The van der Waals surface area contributed by atoms with Crippen LogP contribution in [0.5, 0.6) is 0 Å². The first-order valence-corrected chi connectivity index (χ1v) is 8.84. The highest BCUT2D eigenvalue weighted by molar-refractivity contribution is 9.11. The van der Waals surface area contributed by atoms with Gasteiger partial charge in [0.15, 0.2) is 0 Å². The van der Waals surface area contributed by atoms with E-state index in [1.807, 2.05) is 36.1 Å². The van der Waals surface area contributed by atoms with Crippen molar-refractivity contribution in [1.82, 2.24) is 9.55 Å². The molecular formula is C15H13Br2N3S. The highest BCUT2D eigenvalue weighted by Crippen LogP contribution is 2.33. The molecule has 0 aliphatic rings.